The maximum absolute atomic E-state index is 11.4. The molecule has 2 aromatic carbocycles. The van der Waals surface area contributed by atoms with E-state index in [0.29, 0.717) is 11.7 Å². The van der Waals surface area contributed by atoms with Gasteiger partial charge in [0, 0.05) is 27.5 Å². The van der Waals surface area contributed by atoms with E-state index in [0.717, 1.165) is 33.4 Å². The molecule has 0 radical (unpaired) electrons. The van der Waals surface area contributed by atoms with E-state index in [1.807, 2.05) is 18.2 Å². The average molecular weight is 458 g/mol. The predicted molar refractivity (Wildman–Crippen MR) is 116 cm³/mol. The molecule has 1 heterocycles. The van der Waals surface area contributed by atoms with Crippen molar-refractivity contribution in [1.29, 1.82) is 0 Å². The van der Waals surface area contributed by atoms with E-state index in [-0.39, 0.29) is 10.6 Å². The number of hydrogen-bond acceptors (Lipinski definition) is 4. The minimum Gasteiger partial charge on any atom is -0.313 e. The van der Waals surface area contributed by atoms with Crippen LogP contribution < -0.4 is 4.80 Å². The molecule has 28 heavy (non-hydrogen) atoms. The molecule has 4 rings (SSSR count). The number of benzene rings is 2. The second-order valence-corrected chi connectivity index (χ2v) is 8.59. The summed E-state index contributed by atoms with van der Waals surface area (Å²) < 4.78 is 3.33. The van der Waals surface area contributed by atoms with Gasteiger partial charge in [-0.2, -0.15) is 0 Å². The van der Waals surface area contributed by atoms with Gasteiger partial charge in [-0.25, -0.2) is 4.99 Å². The van der Waals surface area contributed by atoms with Crippen LogP contribution in [-0.4, -0.2) is 9.49 Å². The Morgan fingerprint density at radius 3 is 2.54 bits per heavy atom. The highest BCUT2D eigenvalue weighted by Crippen LogP contribution is 2.35. The van der Waals surface area contributed by atoms with Gasteiger partial charge in [0.05, 0.1) is 10.6 Å². The van der Waals surface area contributed by atoms with E-state index in [4.69, 9.17) is 4.99 Å². The molecule has 1 aromatic heterocycles. The first kappa shape index (κ1) is 19.1. The number of para-hydroxylation sites is 2. The van der Waals surface area contributed by atoms with Gasteiger partial charge in [0.15, 0.2) is 4.80 Å². The zero-order valence-electron chi connectivity index (χ0n) is 15.3. The molecule has 0 N–H and O–H groups in total. The van der Waals surface area contributed by atoms with E-state index in [1.54, 1.807) is 29.5 Å². The lowest BCUT2D eigenvalue weighted by Gasteiger charge is -2.25. The highest BCUT2D eigenvalue weighted by atomic mass is 79.9. The van der Waals surface area contributed by atoms with Gasteiger partial charge in [0.1, 0.15) is 5.69 Å². The van der Waals surface area contributed by atoms with Crippen molar-refractivity contribution in [2.75, 3.05) is 0 Å². The summed E-state index contributed by atoms with van der Waals surface area (Å²) in [5.41, 5.74) is 2.67. The SMILES string of the molecule is O=[N+]([O-])c1ccccc1N=c1scc(-c2ccccc2Br)n1C1CCCCC1. The molecule has 144 valence electrons. The van der Waals surface area contributed by atoms with Crippen molar-refractivity contribution in [2.45, 2.75) is 38.1 Å². The lowest BCUT2D eigenvalue weighted by atomic mass is 9.95. The number of nitrogens with zero attached hydrogens (tertiary/aromatic N) is 3. The normalized spacial score (nSPS) is 15.7. The molecule has 1 fully saturated rings. The first-order valence-electron chi connectivity index (χ1n) is 9.38. The minimum absolute atomic E-state index is 0.0357. The van der Waals surface area contributed by atoms with Gasteiger partial charge >= 0.3 is 0 Å². The largest absolute Gasteiger partial charge is 0.313 e. The molecule has 0 saturated heterocycles. The van der Waals surface area contributed by atoms with E-state index in [9.17, 15) is 10.1 Å². The molecule has 3 aromatic rings. The van der Waals surface area contributed by atoms with E-state index < -0.39 is 0 Å². The molecule has 0 unspecified atom stereocenters. The Balaban J connectivity index is 1.91. The van der Waals surface area contributed by atoms with E-state index in [2.05, 4.69) is 31.9 Å². The molecular formula is C21H20BrN3O2S. The fourth-order valence-electron chi connectivity index (χ4n) is 3.78. The van der Waals surface area contributed by atoms with E-state index in [1.165, 1.54) is 25.3 Å². The summed E-state index contributed by atoms with van der Waals surface area (Å²) in [6, 6.07) is 15.2. The first-order chi connectivity index (χ1) is 13.6. The quantitative estimate of drug-likeness (QED) is 0.326. The van der Waals surface area contributed by atoms with Crippen LogP contribution in [0.3, 0.4) is 0 Å². The van der Waals surface area contributed by atoms with Crippen LogP contribution in [-0.2, 0) is 0 Å². The fraction of sp³-hybridized carbons (Fsp3) is 0.286. The van der Waals surface area contributed by atoms with Gasteiger partial charge in [-0.3, -0.25) is 10.1 Å². The third-order valence-electron chi connectivity index (χ3n) is 5.13. The number of nitro benzene ring substituents is 1. The molecule has 0 aliphatic heterocycles. The lowest BCUT2D eigenvalue weighted by Crippen LogP contribution is -2.23. The summed E-state index contributed by atoms with van der Waals surface area (Å²) >= 11 is 5.21. The second-order valence-electron chi connectivity index (χ2n) is 6.90. The molecule has 0 amide bonds. The summed E-state index contributed by atoms with van der Waals surface area (Å²) in [6.45, 7) is 0. The van der Waals surface area contributed by atoms with Crippen LogP contribution in [0, 0.1) is 10.1 Å². The molecule has 5 nitrogen and oxygen atoms in total. The van der Waals surface area contributed by atoms with Crippen LogP contribution in [0.4, 0.5) is 11.4 Å². The van der Waals surface area contributed by atoms with Crippen LogP contribution in [0.25, 0.3) is 11.3 Å². The van der Waals surface area contributed by atoms with Crippen LogP contribution >= 0.6 is 27.3 Å². The van der Waals surface area contributed by atoms with Gasteiger partial charge in [-0.05, 0) is 25.0 Å². The Kier molecular flexibility index (Phi) is 5.73. The van der Waals surface area contributed by atoms with Gasteiger partial charge in [0.25, 0.3) is 5.69 Å². The standard InChI is InChI=1S/C21H20BrN3O2S/c22-17-11-5-4-10-16(17)20-14-28-21(24(20)15-8-2-1-3-9-15)23-18-12-6-7-13-19(18)25(26)27/h4-7,10-15H,1-3,8-9H2. The molecule has 0 atom stereocenters. The van der Waals surface area contributed by atoms with Gasteiger partial charge < -0.3 is 4.57 Å². The van der Waals surface area contributed by atoms with Crippen molar-refractivity contribution in [3.05, 3.63) is 73.3 Å². The summed E-state index contributed by atoms with van der Waals surface area (Å²) in [5, 5.41) is 13.5. The number of halogens is 1. The third-order valence-corrected chi connectivity index (χ3v) is 6.66. The molecule has 1 aliphatic rings. The maximum Gasteiger partial charge on any atom is 0.294 e. The fourth-order valence-corrected chi connectivity index (χ4v) is 5.23. The topological polar surface area (TPSA) is 60.4 Å². The second kappa shape index (κ2) is 8.41. The summed E-state index contributed by atoms with van der Waals surface area (Å²) in [4.78, 5) is 16.6. The first-order valence-corrected chi connectivity index (χ1v) is 11.1. The van der Waals surface area contributed by atoms with Gasteiger partial charge in [-0.1, -0.05) is 65.5 Å². The van der Waals surface area contributed by atoms with Crippen molar-refractivity contribution < 1.29 is 4.92 Å². The Morgan fingerprint density at radius 1 is 1.07 bits per heavy atom. The summed E-state index contributed by atoms with van der Waals surface area (Å²) in [5.74, 6) is 0. The van der Waals surface area contributed by atoms with Crippen LogP contribution in [0.1, 0.15) is 38.1 Å². The van der Waals surface area contributed by atoms with Crippen molar-refractivity contribution in [3.8, 4) is 11.3 Å². The van der Waals surface area contributed by atoms with Gasteiger partial charge in [-0.15, -0.1) is 11.3 Å². The number of hydrogen-bond donors (Lipinski definition) is 0. The van der Waals surface area contributed by atoms with Gasteiger partial charge in [0.2, 0.25) is 0 Å². The van der Waals surface area contributed by atoms with Crippen molar-refractivity contribution in [3.63, 3.8) is 0 Å². The lowest BCUT2D eigenvalue weighted by molar-refractivity contribution is -0.384. The number of nitro groups is 1. The number of rotatable bonds is 4. The Labute approximate surface area is 175 Å². The molecule has 0 spiro atoms. The number of aromatic nitrogens is 1. The Hall–Kier alpha value is -2.25. The van der Waals surface area contributed by atoms with Crippen molar-refractivity contribution >= 4 is 38.6 Å². The molecule has 0 bridgehead atoms. The summed E-state index contributed by atoms with van der Waals surface area (Å²) in [6.07, 6.45) is 5.89. The van der Waals surface area contributed by atoms with Crippen molar-refractivity contribution in [1.82, 2.24) is 4.57 Å². The third kappa shape index (κ3) is 3.82. The number of thiazole rings is 1. The van der Waals surface area contributed by atoms with Crippen molar-refractivity contribution in [2.24, 2.45) is 4.99 Å². The maximum atomic E-state index is 11.4. The van der Waals surface area contributed by atoms with Crippen LogP contribution in [0.5, 0.6) is 0 Å². The molecule has 1 aliphatic carbocycles. The highest BCUT2D eigenvalue weighted by Gasteiger charge is 2.22. The predicted octanol–water partition coefficient (Wildman–Crippen LogP) is 6.62. The Bertz CT molecular complexity index is 1070. The van der Waals surface area contributed by atoms with Crippen LogP contribution in [0.15, 0.2) is 63.4 Å². The smallest absolute Gasteiger partial charge is 0.294 e. The Morgan fingerprint density at radius 2 is 1.79 bits per heavy atom. The van der Waals surface area contributed by atoms with Crippen LogP contribution in [0.2, 0.25) is 0 Å². The van der Waals surface area contributed by atoms with E-state index >= 15 is 0 Å². The minimum atomic E-state index is -0.369. The highest BCUT2D eigenvalue weighted by molar-refractivity contribution is 9.10. The monoisotopic (exact) mass is 457 g/mol. The average Bonchev–Trinajstić information content (AvgIpc) is 3.12. The zero-order chi connectivity index (χ0) is 19.5. The molecule has 7 heteroatoms. The zero-order valence-corrected chi connectivity index (χ0v) is 17.7. The summed E-state index contributed by atoms with van der Waals surface area (Å²) in [7, 11) is 0. The molecular weight excluding hydrogens is 438 g/mol. The molecule has 1 saturated carbocycles.